The predicted molar refractivity (Wildman–Crippen MR) is 151 cm³/mol. The summed E-state index contributed by atoms with van der Waals surface area (Å²) in [6.45, 7) is 9.44. The first-order valence-corrected chi connectivity index (χ1v) is 13.7. The van der Waals surface area contributed by atoms with Crippen molar-refractivity contribution in [1.29, 1.82) is 0 Å². The summed E-state index contributed by atoms with van der Waals surface area (Å²) < 4.78 is 0. The summed E-state index contributed by atoms with van der Waals surface area (Å²) in [7, 11) is 0. The number of aromatic nitrogens is 2. The second-order valence-electron chi connectivity index (χ2n) is 10.2. The van der Waals surface area contributed by atoms with E-state index in [9.17, 15) is 9.90 Å². The summed E-state index contributed by atoms with van der Waals surface area (Å²) >= 11 is 6.49. The van der Waals surface area contributed by atoms with Gasteiger partial charge in [0, 0.05) is 50.4 Å². The minimum Gasteiger partial charge on any atom is -0.392 e. The van der Waals surface area contributed by atoms with E-state index in [-0.39, 0.29) is 23.2 Å². The fourth-order valence-corrected chi connectivity index (χ4v) is 5.64. The molecule has 0 aliphatic carbocycles. The molecule has 204 valence electrons. The van der Waals surface area contributed by atoms with Gasteiger partial charge < -0.3 is 21.1 Å². The van der Waals surface area contributed by atoms with Crippen LogP contribution in [0.3, 0.4) is 0 Å². The normalized spacial score (nSPS) is 20.2. The van der Waals surface area contributed by atoms with Crippen molar-refractivity contribution in [1.82, 2.24) is 25.1 Å². The lowest BCUT2D eigenvalue weighted by atomic mass is 9.97. The van der Waals surface area contributed by atoms with Crippen molar-refractivity contribution in [3.05, 3.63) is 46.2 Å². The Morgan fingerprint density at radius 1 is 1.24 bits per heavy atom. The number of aliphatic hydroxyl groups is 1. The number of nitrogens with two attached hydrogens (primary N) is 1. The number of carbonyl (C=O) groups excluding carboxylic acids is 1. The van der Waals surface area contributed by atoms with Crippen molar-refractivity contribution in [3.8, 4) is 12.3 Å². The zero-order valence-electron chi connectivity index (χ0n) is 22.2. The number of rotatable bonds is 8. The molecule has 1 amide bonds. The number of anilines is 2. The molecule has 2 aromatic rings. The highest BCUT2D eigenvalue weighted by Crippen LogP contribution is 2.30. The highest BCUT2D eigenvalue weighted by atomic mass is 35.5. The molecule has 4 rings (SSSR count). The largest absolute Gasteiger partial charge is 0.392 e. The Bertz CT molecular complexity index is 1140. The number of aliphatic hydroxyl groups excluding tert-OH is 1. The first-order valence-electron chi connectivity index (χ1n) is 13.4. The van der Waals surface area contributed by atoms with Crippen LogP contribution in [0.5, 0.6) is 0 Å². The number of nitrogen functional groups attached to an aromatic ring is 1. The van der Waals surface area contributed by atoms with Gasteiger partial charge in [0.15, 0.2) is 22.5 Å². The molecule has 2 saturated heterocycles. The van der Waals surface area contributed by atoms with Crippen LogP contribution in [0.4, 0.5) is 11.6 Å². The van der Waals surface area contributed by atoms with Crippen molar-refractivity contribution in [3.63, 3.8) is 0 Å². The van der Waals surface area contributed by atoms with Crippen LogP contribution in [0.1, 0.15) is 54.7 Å². The van der Waals surface area contributed by atoms with Crippen LogP contribution < -0.4 is 16.0 Å². The molecule has 2 fully saturated rings. The van der Waals surface area contributed by atoms with Crippen molar-refractivity contribution in [2.45, 2.75) is 57.8 Å². The van der Waals surface area contributed by atoms with E-state index in [1.807, 2.05) is 12.1 Å². The zero-order chi connectivity index (χ0) is 27.2. The van der Waals surface area contributed by atoms with Crippen LogP contribution in [0.25, 0.3) is 0 Å². The quantitative estimate of drug-likeness (QED) is 0.438. The third kappa shape index (κ3) is 6.75. The molecule has 9 nitrogen and oxygen atoms in total. The van der Waals surface area contributed by atoms with Crippen LogP contribution in [0.2, 0.25) is 5.15 Å². The molecule has 4 N–H and O–H groups in total. The van der Waals surface area contributed by atoms with Crippen LogP contribution in [0, 0.1) is 12.3 Å². The number of halogens is 1. The highest BCUT2D eigenvalue weighted by molar-refractivity contribution is 6.32. The highest BCUT2D eigenvalue weighted by Gasteiger charge is 2.34. The first kappa shape index (κ1) is 28.1. The van der Waals surface area contributed by atoms with Gasteiger partial charge in [-0.15, -0.1) is 6.42 Å². The summed E-state index contributed by atoms with van der Waals surface area (Å²) in [6, 6.07) is 9.19. The van der Waals surface area contributed by atoms with E-state index in [0.29, 0.717) is 17.9 Å². The number of carbonyl (C=O) groups is 1. The number of piperazine rings is 1. The summed E-state index contributed by atoms with van der Waals surface area (Å²) in [5, 5.41) is 12.2. The summed E-state index contributed by atoms with van der Waals surface area (Å²) in [4.78, 5) is 28.4. The number of piperidine rings is 1. The van der Waals surface area contributed by atoms with E-state index in [1.165, 1.54) is 5.56 Å². The third-order valence-corrected chi connectivity index (χ3v) is 7.74. The van der Waals surface area contributed by atoms with Gasteiger partial charge in [-0.3, -0.25) is 14.6 Å². The van der Waals surface area contributed by atoms with Gasteiger partial charge in [-0.25, -0.2) is 9.97 Å². The Balaban J connectivity index is 1.34. The van der Waals surface area contributed by atoms with Crippen LogP contribution in [0.15, 0.2) is 24.3 Å². The molecule has 0 radical (unpaired) electrons. The topological polar surface area (TPSA) is 111 Å². The number of hydrogen-bond acceptors (Lipinski definition) is 8. The molecule has 0 saturated carbocycles. The molecular weight excluding hydrogens is 502 g/mol. The number of likely N-dealkylation sites (tertiary alicyclic amines) is 1. The molecule has 2 aliphatic heterocycles. The summed E-state index contributed by atoms with van der Waals surface area (Å²) in [5.41, 5.74) is 8.28. The maximum absolute atomic E-state index is 12.4. The van der Waals surface area contributed by atoms with Gasteiger partial charge in [-0.2, -0.15) is 0 Å². The molecule has 2 atom stereocenters. The van der Waals surface area contributed by atoms with Gasteiger partial charge in [0.25, 0.3) is 5.91 Å². The molecule has 0 unspecified atom stereocenters. The first-order chi connectivity index (χ1) is 18.3. The number of nitrogens with zero attached hydrogens (tertiary/aromatic N) is 5. The Hall–Kier alpha value is -2.90. The Labute approximate surface area is 230 Å². The van der Waals surface area contributed by atoms with Gasteiger partial charge in [0.05, 0.1) is 6.10 Å². The van der Waals surface area contributed by atoms with Gasteiger partial charge in [-0.05, 0) is 57.0 Å². The monoisotopic (exact) mass is 539 g/mol. The van der Waals surface area contributed by atoms with Crippen molar-refractivity contribution in [2.24, 2.45) is 0 Å². The molecule has 1 aromatic heterocycles. The van der Waals surface area contributed by atoms with E-state index in [0.717, 1.165) is 64.1 Å². The van der Waals surface area contributed by atoms with Gasteiger partial charge in [0.2, 0.25) is 0 Å². The van der Waals surface area contributed by atoms with E-state index in [2.05, 4.69) is 55.0 Å². The molecule has 0 bridgehead atoms. The maximum atomic E-state index is 12.4. The molecule has 38 heavy (non-hydrogen) atoms. The van der Waals surface area contributed by atoms with Gasteiger partial charge >= 0.3 is 0 Å². The average molecular weight is 540 g/mol. The number of hydrogen-bond donors (Lipinski definition) is 3. The Kier molecular flexibility index (Phi) is 9.44. The van der Waals surface area contributed by atoms with Gasteiger partial charge in [-0.1, -0.05) is 36.6 Å². The molecule has 2 aliphatic rings. The minimum atomic E-state index is -0.677. The van der Waals surface area contributed by atoms with Crippen LogP contribution in [-0.2, 0) is 6.54 Å². The predicted octanol–water partition coefficient (Wildman–Crippen LogP) is 2.37. The van der Waals surface area contributed by atoms with Crippen molar-refractivity contribution in [2.75, 3.05) is 49.9 Å². The minimum absolute atomic E-state index is 0.0242. The SMILES string of the molecule is C#Cc1ccc(CN2CCC(N3CCN(c4nc(N)c(C(=O)NC[C@@H](C)O)nc4Cl)C[C@@H]3CC)CC2)cc1. The smallest absolute Gasteiger partial charge is 0.273 e. The second-order valence-corrected chi connectivity index (χ2v) is 10.6. The van der Waals surface area contributed by atoms with E-state index in [4.69, 9.17) is 23.8 Å². The van der Waals surface area contributed by atoms with Crippen molar-refractivity contribution < 1.29 is 9.90 Å². The summed E-state index contributed by atoms with van der Waals surface area (Å²) in [5.74, 6) is 2.72. The standard InChI is InChI=1S/C28H38ClN7O2/c1-4-20-6-8-21(9-7-20)17-34-12-10-23(11-13-34)36-15-14-35(18-22(36)5-2)27-25(29)32-24(26(30)33-27)28(38)31-16-19(3)37/h1,6-9,19,22-23,37H,5,10-18H2,2-3H3,(H2,30,33)(H,31,38)/t19-,22+/m1/s1. The number of amides is 1. The molecule has 3 heterocycles. The van der Waals surface area contributed by atoms with Crippen molar-refractivity contribution >= 4 is 29.1 Å². The Morgan fingerprint density at radius 2 is 1.95 bits per heavy atom. The Morgan fingerprint density at radius 3 is 2.58 bits per heavy atom. The third-order valence-electron chi connectivity index (χ3n) is 7.49. The lowest BCUT2D eigenvalue weighted by Crippen LogP contribution is -2.58. The lowest BCUT2D eigenvalue weighted by molar-refractivity contribution is 0.0610. The number of terminal acetylenes is 1. The summed E-state index contributed by atoms with van der Waals surface area (Å²) in [6.07, 6.45) is 8.09. The molecule has 0 spiro atoms. The molecular formula is C28H38ClN7O2. The fraction of sp³-hybridized carbons (Fsp3) is 0.536. The molecule has 10 heteroatoms. The number of benzene rings is 1. The zero-order valence-corrected chi connectivity index (χ0v) is 23.0. The second kappa shape index (κ2) is 12.8. The van der Waals surface area contributed by atoms with E-state index < -0.39 is 12.0 Å². The van der Waals surface area contributed by atoms with E-state index in [1.54, 1.807) is 6.92 Å². The van der Waals surface area contributed by atoms with Crippen LogP contribution >= 0.6 is 11.6 Å². The van der Waals surface area contributed by atoms with Gasteiger partial charge in [0.1, 0.15) is 0 Å². The fourth-order valence-electron chi connectivity index (χ4n) is 5.39. The van der Waals surface area contributed by atoms with E-state index >= 15 is 0 Å². The molecule has 1 aromatic carbocycles. The lowest BCUT2D eigenvalue weighted by Gasteiger charge is -2.47. The average Bonchev–Trinajstić information content (AvgIpc) is 2.93. The number of nitrogens with one attached hydrogen (secondary N) is 1. The van der Waals surface area contributed by atoms with Crippen LogP contribution in [-0.4, -0.2) is 88.2 Å². The maximum Gasteiger partial charge on any atom is 0.273 e.